The third kappa shape index (κ3) is 15.9. The van der Waals surface area contributed by atoms with Gasteiger partial charge in [0.2, 0.25) is 0 Å². The zero-order valence-electron chi connectivity index (χ0n) is 20.6. The van der Waals surface area contributed by atoms with Gasteiger partial charge in [0.15, 0.2) is 0 Å². The quantitative estimate of drug-likeness (QED) is 0.180. The molecule has 29 heavy (non-hydrogen) atoms. The summed E-state index contributed by atoms with van der Waals surface area (Å²) in [6.07, 6.45) is 24.8. The van der Waals surface area contributed by atoms with E-state index < -0.39 is 11.4 Å². The van der Waals surface area contributed by atoms with Crippen molar-refractivity contribution in [2.24, 2.45) is 11.3 Å². The fraction of sp³-hybridized carbons (Fsp3) is 0.963. The molecule has 0 heterocycles. The Morgan fingerprint density at radius 3 is 1.48 bits per heavy atom. The van der Waals surface area contributed by atoms with Gasteiger partial charge in [-0.2, -0.15) is 0 Å². The largest absolute Gasteiger partial charge is 0.481 e. The number of rotatable bonds is 22. The molecule has 0 rings (SSSR count). The van der Waals surface area contributed by atoms with E-state index in [-0.39, 0.29) is 0 Å². The van der Waals surface area contributed by atoms with Gasteiger partial charge in [-0.15, -0.1) is 0 Å². The van der Waals surface area contributed by atoms with Crippen molar-refractivity contribution < 1.29 is 9.90 Å². The van der Waals surface area contributed by atoms with Crippen molar-refractivity contribution >= 4 is 5.97 Å². The van der Waals surface area contributed by atoms with Crippen LogP contribution in [0.25, 0.3) is 0 Å². The third-order valence-electron chi connectivity index (χ3n) is 6.77. The molecule has 0 radical (unpaired) electrons. The number of hydrogen-bond acceptors (Lipinski definition) is 1. The van der Waals surface area contributed by atoms with E-state index in [4.69, 9.17) is 0 Å². The molecular weight excluding hydrogens is 356 g/mol. The normalized spacial score (nSPS) is 14.6. The van der Waals surface area contributed by atoms with E-state index in [9.17, 15) is 9.90 Å². The monoisotopic (exact) mass is 410 g/mol. The summed E-state index contributed by atoms with van der Waals surface area (Å²) < 4.78 is 0. The van der Waals surface area contributed by atoms with Crippen molar-refractivity contribution in [1.29, 1.82) is 0 Å². The highest BCUT2D eigenvalue weighted by Gasteiger charge is 2.34. The van der Waals surface area contributed by atoms with Crippen LogP contribution in [-0.2, 0) is 4.79 Å². The molecule has 0 aromatic rings. The number of hydrogen-bond donors (Lipinski definition) is 1. The van der Waals surface area contributed by atoms with Gasteiger partial charge < -0.3 is 5.11 Å². The predicted molar refractivity (Wildman–Crippen MR) is 129 cm³/mol. The van der Waals surface area contributed by atoms with E-state index in [2.05, 4.69) is 20.8 Å². The summed E-state index contributed by atoms with van der Waals surface area (Å²) in [5.74, 6) is 0.0327. The fourth-order valence-electron chi connectivity index (χ4n) is 4.65. The zero-order chi connectivity index (χ0) is 21.8. The Bertz CT molecular complexity index is 366. The highest BCUT2D eigenvalue weighted by atomic mass is 16.4. The minimum absolute atomic E-state index is 0.525. The van der Waals surface area contributed by atoms with E-state index in [0.29, 0.717) is 5.92 Å². The van der Waals surface area contributed by atoms with Crippen LogP contribution in [0.3, 0.4) is 0 Å². The summed E-state index contributed by atoms with van der Waals surface area (Å²) in [6.45, 7) is 8.79. The highest BCUT2D eigenvalue weighted by Crippen LogP contribution is 2.37. The van der Waals surface area contributed by atoms with Crippen LogP contribution in [0.5, 0.6) is 0 Å². The highest BCUT2D eigenvalue weighted by molar-refractivity contribution is 5.74. The Balaban J connectivity index is 4.52. The molecule has 0 aliphatic rings. The van der Waals surface area contributed by atoms with Crippen LogP contribution >= 0.6 is 0 Å². The van der Waals surface area contributed by atoms with E-state index in [1.165, 1.54) is 109 Å². The molecule has 2 atom stereocenters. The Morgan fingerprint density at radius 1 is 0.655 bits per heavy atom. The van der Waals surface area contributed by atoms with Crippen molar-refractivity contribution in [3.05, 3.63) is 0 Å². The summed E-state index contributed by atoms with van der Waals surface area (Å²) >= 11 is 0. The maximum Gasteiger partial charge on any atom is 0.309 e. The van der Waals surface area contributed by atoms with Crippen molar-refractivity contribution in [3.63, 3.8) is 0 Å². The third-order valence-corrected chi connectivity index (χ3v) is 6.77. The fourth-order valence-corrected chi connectivity index (χ4v) is 4.65. The average molecular weight is 411 g/mol. The van der Waals surface area contributed by atoms with E-state index in [1.54, 1.807) is 0 Å². The molecule has 2 heteroatoms. The second-order valence-electron chi connectivity index (χ2n) is 9.86. The molecule has 0 aliphatic heterocycles. The van der Waals surface area contributed by atoms with Crippen LogP contribution in [-0.4, -0.2) is 11.1 Å². The van der Waals surface area contributed by atoms with Gasteiger partial charge in [-0.1, -0.05) is 136 Å². The maximum atomic E-state index is 12.1. The van der Waals surface area contributed by atoms with Gasteiger partial charge in [-0.05, 0) is 25.7 Å². The number of carbonyl (C=O) groups is 1. The molecule has 0 aliphatic carbocycles. The molecule has 0 aromatic heterocycles. The standard InChI is InChI=1S/C27H54O2/c1-5-8-11-14-15-16-19-22-25(21-18-13-10-7-3)24-27(4,26(28)29)23-20-17-12-9-6-2/h25H,5-24H2,1-4H3,(H,28,29). The lowest BCUT2D eigenvalue weighted by Gasteiger charge is -2.30. The number of aliphatic carboxylic acids is 1. The van der Waals surface area contributed by atoms with Crippen LogP contribution in [0.1, 0.15) is 156 Å². The molecule has 0 aromatic carbocycles. The van der Waals surface area contributed by atoms with Gasteiger partial charge in [0, 0.05) is 0 Å². The van der Waals surface area contributed by atoms with Gasteiger partial charge in [-0.25, -0.2) is 0 Å². The first-order chi connectivity index (χ1) is 14.0. The van der Waals surface area contributed by atoms with Crippen molar-refractivity contribution in [3.8, 4) is 0 Å². The number of unbranched alkanes of at least 4 members (excludes halogenated alkanes) is 13. The number of carboxylic acids is 1. The smallest absolute Gasteiger partial charge is 0.309 e. The lowest BCUT2D eigenvalue weighted by Crippen LogP contribution is -2.30. The number of carboxylic acid groups (broad SMARTS) is 1. The minimum Gasteiger partial charge on any atom is -0.481 e. The Morgan fingerprint density at radius 2 is 1.03 bits per heavy atom. The summed E-state index contributed by atoms with van der Waals surface area (Å²) in [7, 11) is 0. The van der Waals surface area contributed by atoms with Gasteiger partial charge in [0.05, 0.1) is 5.41 Å². The molecule has 0 fully saturated rings. The van der Waals surface area contributed by atoms with Gasteiger partial charge >= 0.3 is 5.97 Å². The molecule has 0 saturated heterocycles. The van der Waals surface area contributed by atoms with Crippen LogP contribution in [0, 0.1) is 11.3 Å². The van der Waals surface area contributed by atoms with E-state index in [1.807, 2.05) is 6.92 Å². The molecule has 0 bridgehead atoms. The average Bonchev–Trinajstić information content (AvgIpc) is 2.70. The summed E-state index contributed by atoms with van der Waals surface area (Å²) in [5, 5.41) is 9.99. The Labute approximate surface area is 183 Å². The SMILES string of the molecule is CCCCCCCCCC(CCCCCC)CC(C)(CCCCCCC)C(=O)O. The lowest BCUT2D eigenvalue weighted by molar-refractivity contribution is -0.149. The first-order valence-corrected chi connectivity index (χ1v) is 13.2. The van der Waals surface area contributed by atoms with Crippen molar-refractivity contribution in [2.75, 3.05) is 0 Å². The van der Waals surface area contributed by atoms with E-state index >= 15 is 0 Å². The van der Waals surface area contributed by atoms with Crippen LogP contribution in [0.2, 0.25) is 0 Å². The van der Waals surface area contributed by atoms with Crippen LogP contribution in [0.4, 0.5) is 0 Å². The predicted octanol–water partition coefficient (Wildman–Crippen LogP) is 9.56. The molecule has 1 N–H and O–H groups in total. The van der Waals surface area contributed by atoms with Gasteiger partial charge in [-0.3, -0.25) is 4.79 Å². The van der Waals surface area contributed by atoms with Crippen molar-refractivity contribution in [2.45, 2.75) is 156 Å². The molecule has 2 unspecified atom stereocenters. The van der Waals surface area contributed by atoms with E-state index in [0.717, 1.165) is 19.3 Å². The molecule has 174 valence electrons. The topological polar surface area (TPSA) is 37.3 Å². The van der Waals surface area contributed by atoms with Crippen LogP contribution < -0.4 is 0 Å². The molecular formula is C27H54O2. The van der Waals surface area contributed by atoms with Gasteiger partial charge in [0.25, 0.3) is 0 Å². The second-order valence-corrected chi connectivity index (χ2v) is 9.86. The van der Waals surface area contributed by atoms with Crippen molar-refractivity contribution in [1.82, 2.24) is 0 Å². The molecule has 0 amide bonds. The minimum atomic E-state index is -0.564. The zero-order valence-corrected chi connectivity index (χ0v) is 20.6. The lowest BCUT2D eigenvalue weighted by atomic mass is 9.74. The first kappa shape index (κ1) is 28.5. The summed E-state index contributed by atoms with van der Waals surface area (Å²) in [5.41, 5.74) is -0.525. The molecule has 0 saturated carbocycles. The van der Waals surface area contributed by atoms with Crippen LogP contribution in [0.15, 0.2) is 0 Å². The second kappa shape index (κ2) is 19.4. The molecule has 0 spiro atoms. The summed E-state index contributed by atoms with van der Waals surface area (Å²) in [4.78, 5) is 12.1. The van der Waals surface area contributed by atoms with Gasteiger partial charge in [0.1, 0.15) is 0 Å². The molecule has 2 nitrogen and oxygen atoms in total. The summed E-state index contributed by atoms with van der Waals surface area (Å²) in [6, 6.07) is 0. The first-order valence-electron chi connectivity index (χ1n) is 13.2. The Kier molecular flexibility index (Phi) is 19.1. The Hall–Kier alpha value is -0.530. The maximum absolute atomic E-state index is 12.1.